The molecule has 1 aromatic carbocycles. The molecule has 0 unspecified atom stereocenters. The molecule has 0 spiro atoms. The summed E-state index contributed by atoms with van der Waals surface area (Å²) in [6, 6.07) is 6.17. The van der Waals surface area contributed by atoms with Crippen molar-refractivity contribution < 1.29 is 9.31 Å². The Balaban J connectivity index is 2.26. The molecule has 0 aliphatic heterocycles. The van der Waals surface area contributed by atoms with Crippen LogP contribution in [0, 0.1) is 29.8 Å². The quantitative estimate of drug-likeness (QED) is 0.678. The average molecular weight is 261 g/mol. The zero-order chi connectivity index (χ0) is 14.0. The first-order chi connectivity index (χ1) is 8.97. The number of benzene rings is 1. The second-order valence-electron chi connectivity index (χ2n) is 4.20. The number of nitro groups is 1. The lowest BCUT2D eigenvalue weighted by Crippen LogP contribution is -1.98. The molecular weight excluding hydrogens is 249 g/mol. The van der Waals surface area contributed by atoms with Gasteiger partial charge in [-0.15, -0.1) is 0 Å². The molecular formula is C13H12FN3O2. The average Bonchev–Trinajstić information content (AvgIpc) is 2.33. The molecule has 1 N–H and O–H groups in total. The first-order valence-corrected chi connectivity index (χ1v) is 5.61. The first-order valence-electron chi connectivity index (χ1n) is 5.61. The van der Waals surface area contributed by atoms with E-state index in [2.05, 4.69) is 10.3 Å². The summed E-state index contributed by atoms with van der Waals surface area (Å²) in [4.78, 5) is 14.2. The molecule has 0 bridgehead atoms. The smallest absolute Gasteiger partial charge is 0.290 e. The third-order valence-electron chi connectivity index (χ3n) is 2.71. The Hall–Kier alpha value is -2.50. The van der Waals surface area contributed by atoms with Gasteiger partial charge in [-0.3, -0.25) is 10.1 Å². The van der Waals surface area contributed by atoms with E-state index < -0.39 is 4.92 Å². The molecule has 1 aromatic heterocycles. The lowest BCUT2D eigenvalue weighted by Gasteiger charge is -2.07. The van der Waals surface area contributed by atoms with E-state index in [4.69, 9.17) is 0 Å². The van der Waals surface area contributed by atoms with E-state index in [1.165, 1.54) is 12.3 Å². The highest BCUT2D eigenvalue weighted by Crippen LogP contribution is 2.22. The van der Waals surface area contributed by atoms with Crippen LogP contribution in [-0.2, 0) is 0 Å². The van der Waals surface area contributed by atoms with E-state index in [-0.39, 0.29) is 11.5 Å². The van der Waals surface area contributed by atoms with Crippen molar-refractivity contribution in [2.24, 2.45) is 0 Å². The minimum absolute atomic E-state index is 0.0270. The van der Waals surface area contributed by atoms with Crippen LogP contribution < -0.4 is 5.32 Å². The number of aryl methyl sites for hydroxylation is 2. The number of nitrogens with zero attached hydrogens (tertiary/aromatic N) is 2. The summed E-state index contributed by atoms with van der Waals surface area (Å²) >= 11 is 0. The lowest BCUT2D eigenvalue weighted by molar-refractivity contribution is -0.385. The van der Waals surface area contributed by atoms with Crippen molar-refractivity contribution in [3.8, 4) is 0 Å². The Morgan fingerprint density at radius 1 is 1.26 bits per heavy atom. The summed E-state index contributed by atoms with van der Waals surface area (Å²) in [7, 11) is 0. The number of aromatic nitrogens is 1. The standard InChI is InChI=1S/C13H12FN3O2/c1-8-5-10(3-4-11(8)14)16-13-6-9(2)12(7-15-13)17(18)19/h3-7H,1-2H3,(H,15,16). The van der Waals surface area contributed by atoms with E-state index in [1.54, 1.807) is 32.0 Å². The lowest BCUT2D eigenvalue weighted by atomic mass is 10.2. The van der Waals surface area contributed by atoms with Crippen LogP contribution in [0.3, 0.4) is 0 Å². The van der Waals surface area contributed by atoms with E-state index in [0.29, 0.717) is 22.6 Å². The summed E-state index contributed by atoms with van der Waals surface area (Å²) < 4.78 is 13.1. The van der Waals surface area contributed by atoms with Crippen LogP contribution in [0.5, 0.6) is 0 Å². The highest BCUT2D eigenvalue weighted by Gasteiger charge is 2.11. The topological polar surface area (TPSA) is 68.1 Å². The van der Waals surface area contributed by atoms with Crippen LogP contribution in [0.25, 0.3) is 0 Å². The van der Waals surface area contributed by atoms with Crippen molar-refractivity contribution in [3.05, 3.63) is 57.5 Å². The molecule has 0 saturated heterocycles. The van der Waals surface area contributed by atoms with Crippen LogP contribution in [0.4, 0.5) is 21.6 Å². The van der Waals surface area contributed by atoms with Crippen molar-refractivity contribution in [3.63, 3.8) is 0 Å². The predicted octanol–water partition coefficient (Wildman–Crippen LogP) is 3.49. The van der Waals surface area contributed by atoms with Gasteiger partial charge in [0.2, 0.25) is 0 Å². The van der Waals surface area contributed by atoms with Crippen molar-refractivity contribution in [1.82, 2.24) is 4.98 Å². The Kier molecular flexibility index (Phi) is 3.41. The van der Waals surface area contributed by atoms with Crippen LogP contribution in [0.2, 0.25) is 0 Å². The van der Waals surface area contributed by atoms with Crippen molar-refractivity contribution in [2.75, 3.05) is 5.32 Å². The summed E-state index contributed by atoms with van der Waals surface area (Å²) in [5.74, 6) is 0.201. The maximum atomic E-state index is 13.1. The van der Waals surface area contributed by atoms with Gasteiger partial charge in [0.05, 0.1) is 4.92 Å². The molecule has 2 rings (SSSR count). The van der Waals surface area contributed by atoms with Gasteiger partial charge in [-0.25, -0.2) is 9.37 Å². The molecule has 0 aliphatic carbocycles. The van der Waals surface area contributed by atoms with Gasteiger partial charge in [0, 0.05) is 11.3 Å². The van der Waals surface area contributed by atoms with Crippen molar-refractivity contribution in [2.45, 2.75) is 13.8 Å². The summed E-state index contributed by atoms with van der Waals surface area (Å²) in [5, 5.41) is 13.7. The van der Waals surface area contributed by atoms with Gasteiger partial charge >= 0.3 is 0 Å². The fourth-order valence-electron chi connectivity index (χ4n) is 1.68. The Bertz CT molecular complexity index is 644. The van der Waals surface area contributed by atoms with Crippen LogP contribution >= 0.6 is 0 Å². The van der Waals surface area contributed by atoms with Gasteiger partial charge in [-0.2, -0.15) is 0 Å². The van der Waals surface area contributed by atoms with E-state index >= 15 is 0 Å². The van der Waals surface area contributed by atoms with E-state index in [1.807, 2.05) is 0 Å². The maximum Gasteiger partial charge on any atom is 0.290 e. The summed E-state index contributed by atoms with van der Waals surface area (Å²) in [6.45, 7) is 3.30. The third-order valence-corrected chi connectivity index (χ3v) is 2.71. The highest BCUT2D eigenvalue weighted by atomic mass is 19.1. The SMILES string of the molecule is Cc1cc(Nc2cc(C)c([N+](=O)[O-])cn2)ccc1F. The number of nitrogens with one attached hydrogen (secondary N) is 1. The molecule has 0 saturated carbocycles. The molecule has 0 atom stereocenters. The molecule has 1 heterocycles. The molecule has 98 valence electrons. The number of pyridine rings is 1. The Morgan fingerprint density at radius 3 is 2.58 bits per heavy atom. The largest absolute Gasteiger partial charge is 0.340 e. The minimum atomic E-state index is -0.478. The molecule has 2 aromatic rings. The van der Waals surface area contributed by atoms with Crippen LogP contribution in [0.1, 0.15) is 11.1 Å². The second kappa shape index (κ2) is 5.01. The fourth-order valence-corrected chi connectivity index (χ4v) is 1.68. The number of halogens is 1. The molecule has 0 radical (unpaired) electrons. The summed E-state index contributed by atoms with van der Waals surface area (Å²) in [5.41, 5.74) is 1.69. The summed E-state index contributed by atoms with van der Waals surface area (Å²) in [6.07, 6.45) is 1.20. The van der Waals surface area contributed by atoms with Crippen molar-refractivity contribution >= 4 is 17.2 Å². The Labute approximate surface area is 109 Å². The first kappa shape index (κ1) is 12.9. The number of hydrogen-bond donors (Lipinski definition) is 1. The minimum Gasteiger partial charge on any atom is -0.340 e. The maximum absolute atomic E-state index is 13.1. The molecule has 0 fully saturated rings. The fraction of sp³-hybridized carbons (Fsp3) is 0.154. The van der Waals surface area contributed by atoms with Crippen molar-refractivity contribution in [1.29, 1.82) is 0 Å². The van der Waals surface area contributed by atoms with Crippen LogP contribution in [0.15, 0.2) is 30.5 Å². The molecule has 5 nitrogen and oxygen atoms in total. The molecule has 0 amide bonds. The number of hydrogen-bond acceptors (Lipinski definition) is 4. The van der Waals surface area contributed by atoms with Gasteiger partial charge in [0.25, 0.3) is 5.69 Å². The normalized spacial score (nSPS) is 10.3. The van der Waals surface area contributed by atoms with Gasteiger partial charge in [-0.1, -0.05) is 0 Å². The second-order valence-corrected chi connectivity index (χ2v) is 4.20. The van der Waals surface area contributed by atoms with Gasteiger partial charge in [0.1, 0.15) is 17.8 Å². The molecule has 19 heavy (non-hydrogen) atoms. The molecule has 0 aliphatic rings. The van der Waals surface area contributed by atoms with Gasteiger partial charge < -0.3 is 5.32 Å². The van der Waals surface area contributed by atoms with Crippen LogP contribution in [-0.4, -0.2) is 9.91 Å². The predicted molar refractivity (Wildman–Crippen MR) is 70.0 cm³/mol. The van der Waals surface area contributed by atoms with Gasteiger partial charge in [0.15, 0.2) is 0 Å². The van der Waals surface area contributed by atoms with E-state index in [0.717, 1.165) is 0 Å². The molecule has 6 heteroatoms. The monoisotopic (exact) mass is 261 g/mol. The van der Waals surface area contributed by atoms with Gasteiger partial charge in [-0.05, 0) is 43.7 Å². The number of anilines is 2. The van der Waals surface area contributed by atoms with E-state index in [9.17, 15) is 14.5 Å². The third kappa shape index (κ3) is 2.85. The number of rotatable bonds is 3. The zero-order valence-corrected chi connectivity index (χ0v) is 10.5. The Morgan fingerprint density at radius 2 is 2.00 bits per heavy atom. The highest BCUT2D eigenvalue weighted by molar-refractivity contribution is 5.59. The zero-order valence-electron chi connectivity index (χ0n) is 10.5.